The summed E-state index contributed by atoms with van der Waals surface area (Å²) in [5.74, 6) is 0.360. The molecule has 100 valence electrons. The molecule has 2 heterocycles. The van der Waals surface area contributed by atoms with Crippen LogP contribution in [0.5, 0.6) is 0 Å². The first-order valence-electron chi connectivity index (χ1n) is 5.53. The molecule has 1 fully saturated rings. The Bertz CT molecular complexity index is 552. The van der Waals surface area contributed by atoms with Crippen LogP contribution >= 0.6 is 11.3 Å². The molecule has 1 aliphatic rings. The van der Waals surface area contributed by atoms with Crippen LogP contribution in [-0.2, 0) is 9.84 Å². The zero-order valence-electron chi connectivity index (χ0n) is 9.83. The molecule has 8 heteroatoms. The first-order chi connectivity index (χ1) is 8.43. The average molecular weight is 290 g/mol. The maximum atomic E-state index is 11.5. The second-order valence-corrected chi connectivity index (χ2v) is 7.52. The van der Waals surface area contributed by atoms with Crippen LogP contribution in [0.4, 0.5) is 5.00 Å². The Balaban J connectivity index is 2.20. The third-order valence-electron chi connectivity index (χ3n) is 3.20. The van der Waals surface area contributed by atoms with Crippen LogP contribution in [0.1, 0.15) is 18.0 Å². The van der Waals surface area contributed by atoms with Gasteiger partial charge in [0.25, 0.3) is 0 Å². The van der Waals surface area contributed by atoms with Crippen LogP contribution in [-0.4, -0.2) is 31.9 Å². The number of rotatable bonds is 4. The normalized spacial score (nSPS) is 23.9. The number of nitrogens with zero attached hydrogens (tertiary/aromatic N) is 1. The summed E-state index contributed by atoms with van der Waals surface area (Å²) in [6.07, 6.45) is 0.609. The van der Waals surface area contributed by atoms with Crippen LogP contribution in [0.25, 0.3) is 0 Å². The highest BCUT2D eigenvalue weighted by atomic mass is 32.2. The minimum absolute atomic E-state index is 0.00537. The van der Waals surface area contributed by atoms with Crippen molar-refractivity contribution in [2.24, 2.45) is 5.92 Å². The van der Waals surface area contributed by atoms with E-state index >= 15 is 0 Å². The van der Waals surface area contributed by atoms with Gasteiger partial charge in [-0.25, -0.2) is 8.42 Å². The fourth-order valence-electron chi connectivity index (χ4n) is 2.36. The fraction of sp³-hybridized carbons (Fsp3) is 0.600. The third-order valence-corrected chi connectivity index (χ3v) is 5.89. The van der Waals surface area contributed by atoms with E-state index in [4.69, 9.17) is 0 Å². The van der Waals surface area contributed by atoms with Crippen LogP contribution < -0.4 is 5.32 Å². The van der Waals surface area contributed by atoms with E-state index in [0.717, 1.165) is 16.9 Å². The van der Waals surface area contributed by atoms with Crippen molar-refractivity contribution in [1.29, 1.82) is 0 Å². The van der Waals surface area contributed by atoms with E-state index in [2.05, 4.69) is 5.32 Å². The quantitative estimate of drug-likeness (QED) is 0.668. The molecule has 0 saturated carbocycles. The molecule has 1 saturated heterocycles. The van der Waals surface area contributed by atoms with Gasteiger partial charge in [-0.05, 0) is 24.9 Å². The summed E-state index contributed by atoms with van der Waals surface area (Å²) in [5.41, 5.74) is 0.802. The number of hydrogen-bond acceptors (Lipinski definition) is 6. The molecule has 0 aliphatic carbocycles. The van der Waals surface area contributed by atoms with Crippen molar-refractivity contribution in [3.8, 4) is 0 Å². The first-order valence-corrected chi connectivity index (χ1v) is 8.23. The van der Waals surface area contributed by atoms with Crippen molar-refractivity contribution in [2.45, 2.75) is 12.5 Å². The lowest BCUT2D eigenvalue weighted by Gasteiger charge is -2.20. The molecule has 0 amide bonds. The number of sulfone groups is 1. The number of hydrogen-bond donors (Lipinski definition) is 1. The molecule has 0 spiro atoms. The predicted octanol–water partition coefficient (Wildman–Crippen LogP) is 1.35. The summed E-state index contributed by atoms with van der Waals surface area (Å²) >= 11 is 1.07. The maximum absolute atomic E-state index is 11.5. The molecule has 18 heavy (non-hydrogen) atoms. The topological polar surface area (TPSA) is 89.3 Å². The molecule has 2 atom stereocenters. The first kappa shape index (κ1) is 13.4. The lowest BCUT2D eigenvalue weighted by atomic mass is 9.94. The van der Waals surface area contributed by atoms with Crippen molar-refractivity contribution >= 4 is 26.2 Å². The molecule has 1 N–H and O–H groups in total. The van der Waals surface area contributed by atoms with Crippen molar-refractivity contribution in [3.63, 3.8) is 0 Å². The van der Waals surface area contributed by atoms with Crippen molar-refractivity contribution in [1.82, 2.24) is 5.32 Å². The van der Waals surface area contributed by atoms with Gasteiger partial charge in [0.05, 0.1) is 16.4 Å². The van der Waals surface area contributed by atoms with Gasteiger partial charge in [-0.2, -0.15) is 0 Å². The Hall–Kier alpha value is -0.990. The van der Waals surface area contributed by atoms with Crippen molar-refractivity contribution < 1.29 is 13.3 Å². The molecule has 0 aromatic carbocycles. The van der Waals surface area contributed by atoms with Crippen LogP contribution in [0.15, 0.2) is 11.4 Å². The van der Waals surface area contributed by atoms with Gasteiger partial charge in [-0.1, -0.05) is 11.3 Å². The number of nitro groups is 1. The van der Waals surface area contributed by atoms with E-state index in [0.29, 0.717) is 6.42 Å². The molecule has 1 aromatic rings. The molecule has 2 rings (SSSR count). The lowest BCUT2D eigenvalue weighted by molar-refractivity contribution is -0.380. The highest BCUT2D eigenvalue weighted by Gasteiger charge is 2.34. The Labute approximate surface area is 109 Å². The standard InChI is InChI=1S/C10H14N2O4S2/c1-11-10(7-2-3-18(15,16)6-7)8-4-9(12(13)14)17-5-8/h4-5,7,10-11H,2-3,6H2,1H3. The van der Waals surface area contributed by atoms with E-state index in [1.807, 2.05) is 0 Å². The minimum Gasteiger partial charge on any atom is -0.313 e. The molecule has 1 aromatic heterocycles. The summed E-state index contributed by atoms with van der Waals surface area (Å²) in [7, 11) is -1.19. The van der Waals surface area contributed by atoms with Crippen LogP contribution in [0.3, 0.4) is 0 Å². The molecule has 6 nitrogen and oxygen atoms in total. The predicted molar refractivity (Wildman–Crippen MR) is 69.5 cm³/mol. The Morgan fingerprint density at radius 1 is 1.61 bits per heavy atom. The second kappa shape index (κ2) is 4.94. The smallest absolute Gasteiger partial charge is 0.313 e. The summed E-state index contributed by atoms with van der Waals surface area (Å²) in [6.45, 7) is 0. The average Bonchev–Trinajstić information content (AvgIpc) is 2.87. The van der Waals surface area contributed by atoms with Gasteiger partial charge >= 0.3 is 5.00 Å². The van der Waals surface area contributed by atoms with Crippen molar-refractivity contribution in [3.05, 3.63) is 27.1 Å². The van der Waals surface area contributed by atoms with E-state index in [-0.39, 0.29) is 28.5 Å². The van der Waals surface area contributed by atoms with Crippen molar-refractivity contribution in [2.75, 3.05) is 18.6 Å². The Kier molecular flexibility index (Phi) is 3.69. The number of nitrogens with one attached hydrogen (secondary N) is 1. The Morgan fingerprint density at radius 2 is 2.33 bits per heavy atom. The highest BCUT2D eigenvalue weighted by molar-refractivity contribution is 7.91. The van der Waals surface area contributed by atoms with Gasteiger partial charge in [0, 0.05) is 17.5 Å². The van der Waals surface area contributed by atoms with Gasteiger partial charge in [-0.15, -0.1) is 0 Å². The third kappa shape index (κ3) is 2.70. The van der Waals surface area contributed by atoms with E-state index in [1.54, 1.807) is 12.4 Å². The van der Waals surface area contributed by atoms with Gasteiger partial charge in [-0.3, -0.25) is 10.1 Å². The summed E-state index contributed by atoms with van der Waals surface area (Å²) in [5, 5.41) is 15.5. The van der Waals surface area contributed by atoms with Gasteiger partial charge in [0.15, 0.2) is 9.84 Å². The second-order valence-electron chi connectivity index (χ2n) is 4.40. The van der Waals surface area contributed by atoms with E-state index in [1.165, 1.54) is 6.07 Å². The summed E-state index contributed by atoms with van der Waals surface area (Å²) in [4.78, 5) is 10.2. The van der Waals surface area contributed by atoms with Crippen LogP contribution in [0.2, 0.25) is 0 Å². The maximum Gasteiger partial charge on any atom is 0.324 e. The van der Waals surface area contributed by atoms with Gasteiger partial charge < -0.3 is 5.32 Å². The van der Waals surface area contributed by atoms with Gasteiger partial charge in [0.2, 0.25) is 0 Å². The van der Waals surface area contributed by atoms with Crippen LogP contribution in [0, 0.1) is 16.0 Å². The van der Waals surface area contributed by atoms with E-state index in [9.17, 15) is 18.5 Å². The monoisotopic (exact) mass is 290 g/mol. The SMILES string of the molecule is CNC(c1csc([N+](=O)[O-])c1)C1CCS(=O)(=O)C1. The van der Waals surface area contributed by atoms with Gasteiger partial charge in [0.1, 0.15) is 0 Å². The lowest BCUT2D eigenvalue weighted by Crippen LogP contribution is -2.25. The Morgan fingerprint density at radius 3 is 2.78 bits per heavy atom. The summed E-state index contributed by atoms with van der Waals surface area (Å²) in [6, 6.07) is 1.39. The molecule has 0 bridgehead atoms. The zero-order valence-corrected chi connectivity index (χ0v) is 11.5. The molecule has 0 radical (unpaired) electrons. The molecule has 2 unspecified atom stereocenters. The minimum atomic E-state index is -2.94. The summed E-state index contributed by atoms with van der Waals surface area (Å²) < 4.78 is 22.9. The molecular weight excluding hydrogens is 276 g/mol. The number of thiophene rings is 1. The highest BCUT2D eigenvalue weighted by Crippen LogP contribution is 2.35. The van der Waals surface area contributed by atoms with E-state index < -0.39 is 14.8 Å². The fourth-order valence-corrected chi connectivity index (χ4v) is 4.96. The molecule has 1 aliphatic heterocycles. The molecular formula is C10H14N2O4S2. The zero-order chi connectivity index (χ0) is 13.3. The largest absolute Gasteiger partial charge is 0.324 e.